The molecule has 21 heavy (non-hydrogen) atoms. The topological polar surface area (TPSA) is 55.8 Å². The molecule has 122 valence electrons. The van der Waals surface area contributed by atoms with E-state index in [1.807, 2.05) is 4.90 Å². The number of carbonyl (C=O) groups excluding carboxylic acids is 1. The summed E-state index contributed by atoms with van der Waals surface area (Å²) in [5, 5.41) is 12.0. The van der Waals surface area contributed by atoms with Crippen LogP contribution in [0.4, 0.5) is 4.79 Å². The van der Waals surface area contributed by atoms with Crippen LogP contribution in [0.5, 0.6) is 0 Å². The molecule has 0 aromatic heterocycles. The molecular weight excluding hydrogens is 266 g/mol. The highest BCUT2D eigenvalue weighted by atomic mass is 16.2. The first-order valence-corrected chi connectivity index (χ1v) is 8.68. The number of nitrogens with one attached hydrogen (secondary N) is 1. The summed E-state index contributed by atoms with van der Waals surface area (Å²) in [5.74, 6) is 0. The summed E-state index contributed by atoms with van der Waals surface area (Å²) < 4.78 is 0. The second-order valence-electron chi connectivity index (χ2n) is 6.40. The zero-order chi connectivity index (χ0) is 14.9. The van der Waals surface area contributed by atoms with E-state index in [9.17, 15) is 4.79 Å². The van der Waals surface area contributed by atoms with Crippen LogP contribution in [0.25, 0.3) is 0 Å². The van der Waals surface area contributed by atoms with Crippen molar-refractivity contribution >= 4 is 6.03 Å². The summed E-state index contributed by atoms with van der Waals surface area (Å²) in [4.78, 5) is 16.6. The van der Waals surface area contributed by atoms with Gasteiger partial charge in [-0.15, -0.1) is 0 Å². The van der Waals surface area contributed by atoms with Crippen LogP contribution in [0.15, 0.2) is 0 Å². The molecule has 0 bridgehead atoms. The van der Waals surface area contributed by atoms with E-state index in [1.165, 1.54) is 19.3 Å². The summed E-state index contributed by atoms with van der Waals surface area (Å²) >= 11 is 0. The highest BCUT2D eigenvalue weighted by molar-refractivity contribution is 5.74. The summed E-state index contributed by atoms with van der Waals surface area (Å²) in [6, 6.07) is 0.546. The molecule has 1 saturated carbocycles. The minimum Gasteiger partial charge on any atom is -0.396 e. The van der Waals surface area contributed by atoms with E-state index in [2.05, 4.69) is 10.2 Å². The number of hydrogen-bond acceptors (Lipinski definition) is 3. The fourth-order valence-electron chi connectivity index (χ4n) is 3.31. The second kappa shape index (κ2) is 9.26. The van der Waals surface area contributed by atoms with Gasteiger partial charge >= 0.3 is 6.03 Å². The number of amides is 2. The quantitative estimate of drug-likeness (QED) is 0.735. The summed E-state index contributed by atoms with van der Waals surface area (Å²) in [7, 11) is 0. The van der Waals surface area contributed by atoms with Gasteiger partial charge in [0.15, 0.2) is 0 Å². The van der Waals surface area contributed by atoms with Crippen molar-refractivity contribution in [3.8, 4) is 0 Å². The van der Waals surface area contributed by atoms with Gasteiger partial charge in [-0.2, -0.15) is 0 Å². The standard InChI is InChI=1S/C16H31N3O2/c20-14-6-2-5-9-18-10-12-19(13-11-18)16(21)17-15-7-3-1-4-8-15/h15,20H,1-14H2,(H,17,21). The minimum atomic E-state index is 0.141. The Balaban J connectivity index is 1.60. The molecule has 0 unspecified atom stereocenters. The first-order valence-electron chi connectivity index (χ1n) is 8.68. The fraction of sp³-hybridized carbons (Fsp3) is 0.938. The first kappa shape index (κ1) is 16.6. The van der Waals surface area contributed by atoms with Crippen LogP contribution >= 0.6 is 0 Å². The van der Waals surface area contributed by atoms with E-state index in [-0.39, 0.29) is 6.03 Å². The molecule has 1 heterocycles. The van der Waals surface area contributed by atoms with Gasteiger partial charge in [-0.3, -0.25) is 4.90 Å². The fourth-order valence-corrected chi connectivity index (χ4v) is 3.31. The van der Waals surface area contributed by atoms with Crippen LogP contribution in [0, 0.1) is 0 Å². The number of rotatable bonds is 6. The lowest BCUT2D eigenvalue weighted by atomic mass is 9.96. The number of unbranched alkanes of at least 4 members (excludes halogenated alkanes) is 2. The maximum absolute atomic E-state index is 12.2. The summed E-state index contributed by atoms with van der Waals surface area (Å²) in [5.41, 5.74) is 0. The van der Waals surface area contributed by atoms with Crippen molar-refractivity contribution < 1.29 is 9.90 Å². The third-order valence-corrected chi connectivity index (χ3v) is 4.72. The minimum absolute atomic E-state index is 0.141. The summed E-state index contributed by atoms with van der Waals surface area (Å²) in [6.07, 6.45) is 9.28. The van der Waals surface area contributed by atoms with Gasteiger partial charge in [0.25, 0.3) is 0 Å². The number of carbonyl (C=O) groups is 1. The molecule has 0 atom stereocenters. The van der Waals surface area contributed by atoms with Crippen molar-refractivity contribution in [1.82, 2.24) is 15.1 Å². The van der Waals surface area contributed by atoms with Crippen LogP contribution < -0.4 is 5.32 Å². The van der Waals surface area contributed by atoms with Gasteiger partial charge in [0, 0.05) is 38.8 Å². The molecule has 2 fully saturated rings. The van der Waals surface area contributed by atoms with Crippen molar-refractivity contribution in [2.24, 2.45) is 0 Å². The van der Waals surface area contributed by atoms with Gasteiger partial charge in [-0.25, -0.2) is 4.79 Å². The molecule has 1 aliphatic carbocycles. The molecule has 0 aromatic carbocycles. The Morgan fingerprint density at radius 1 is 1.00 bits per heavy atom. The second-order valence-corrected chi connectivity index (χ2v) is 6.40. The lowest BCUT2D eigenvalue weighted by Crippen LogP contribution is -2.53. The van der Waals surface area contributed by atoms with Crippen LogP contribution in [0.1, 0.15) is 51.4 Å². The Bertz CT molecular complexity index is 298. The maximum atomic E-state index is 12.2. The molecule has 2 N–H and O–H groups in total. The Labute approximate surface area is 128 Å². The highest BCUT2D eigenvalue weighted by Crippen LogP contribution is 2.17. The van der Waals surface area contributed by atoms with Crippen molar-refractivity contribution in [3.63, 3.8) is 0 Å². The van der Waals surface area contributed by atoms with E-state index >= 15 is 0 Å². The molecule has 5 heteroatoms. The first-order chi connectivity index (χ1) is 10.3. The number of aliphatic hydroxyl groups is 1. The van der Waals surface area contributed by atoms with Gasteiger partial charge in [0.2, 0.25) is 0 Å². The lowest BCUT2D eigenvalue weighted by molar-refractivity contribution is 0.134. The molecular formula is C16H31N3O2. The van der Waals surface area contributed by atoms with Crippen molar-refractivity contribution in [3.05, 3.63) is 0 Å². The van der Waals surface area contributed by atoms with Crippen LogP contribution in [0.2, 0.25) is 0 Å². The van der Waals surface area contributed by atoms with Crippen LogP contribution in [-0.4, -0.2) is 66.3 Å². The molecule has 2 aliphatic rings. The van der Waals surface area contributed by atoms with Crippen molar-refractivity contribution in [2.45, 2.75) is 57.4 Å². The molecule has 1 saturated heterocycles. The molecule has 5 nitrogen and oxygen atoms in total. The Kier molecular flexibility index (Phi) is 7.30. The van der Waals surface area contributed by atoms with E-state index in [0.717, 1.165) is 64.8 Å². The molecule has 2 rings (SSSR count). The normalized spacial score (nSPS) is 21.5. The molecule has 2 amide bonds. The number of urea groups is 1. The maximum Gasteiger partial charge on any atom is 0.317 e. The molecule has 0 radical (unpaired) electrons. The Hall–Kier alpha value is -0.810. The number of nitrogens with zero attached hydrogens (tertiary/aromatic N) is 2. The zero-order valence-electron chi connectivity index (χ0n) is 13.2. The third kappa shape index (κ3) is 5.83. The highest BCUT2D eigenvalue weighted by Gasteiger charge is 2.23. The summed E-state index contributed by atoms with van der Waals surface area (Å²) in [6.45, 7) is 5.05. The molecule has 0 spiro atoms. The van der Waals surface area contributed by atoms with E-state index < -0.39 is 0 Å². The average Bonchev–Trinajstić information content (AvgIpc) is 2.53. The zero-order valence-corrected chi connectivity index (χ0v) is 13.2. The van der Waals surface area contributed by atoms with Crippen LogP contribution in [-0.2, 0) is 0 Å². The number of hydrogen-bond donors (Lipinski definition) is 2. The monoisotopic (exact) mass is 297 g/mol. The van der Waals surface area contributed by atoms with Crippen molar-refractivity contribution in [1.29, 1.82) is 0 Å². The molecule has 1 aliphatic heterocycles. The SMILES string of the molecule is O=C(NC1CCCCC1)N1CCN(CCCCCO)CC1. The van der Waals surface area contributed by atoms with Gasteiger partial charge in [0.1, 0.15) is 0 Å². The van der Waals surface area contributed by atoms with E-state index in [1.54, 1.807) is 0 Å². The predicted molar refractivity (Wildman–Crippen MR) is 84.4 cm³/mol. The van der Waals surface area contributed by atoms with Crippen molar-refractivity contribution in [2.75, 3.05) is 39.3 Å². The number of aliphatic hydroxyl groups excluding tert-OH is 1. The smallest absolute Gasteiger partial charge is 0.317 e. The Morgan fingerprint density at radius 3 is 2.38 bits per heavy atom. The number of piperazine rings is 1. The average molecular weight is 297 g/mol. The Morgan fingerprint density at radius 2 is 1.71 bits per heavy atom. The van der Waals surface area contributed by atoms with E-state index in [4.69, 9.17) is 5.11 Å². The van der Waals surface area contributed by atoms with Gasteiger partial charge < -0.3 is 15.3 Å². The van der Waals surface area contributed by atoms with Gasteiger partial charge in [-0.1, -0.05) is 19.3 Å². The van der Waals surface area contributed by atoms with E-state index in [0.29, 0.717) is 12.6 Å². The predicted octanol–water partition coefficient (Wildman–Crippen LogP) is 1.81. The third-order valence-electron chi connectivity index (χ3n) is 4.72. The van der Waals surface area contributed by atoms with Gasteiger partial charge in [-0.05, 0) is 38.6 Å². The lowest BCUT2D eigenvalue weighted by Gasteiger charge is -2.36. The van der Waals surface area contributed by atoms with Crippen LogP contribution in [0.3, 0.4) is 0 Å². The van der Waals surface area contributed by atoms with Gasteiger partial charge in [0.05, 0.1) is 0 Å². The largest absolute Gasteiger partial charge is 0.396 e. The molecule has 0 aromatic rings.